The molecule has 0 aromatic rings. The minimum atomic E-state index is 0. The van der Waals surface area contributed by atoms with Crippen LogP contribution in [0.2, 0.25) is 0 Å². The first-order chi connectivity index (χ1) is 13.0. The van der Waals surface area contributed by atoms with Crippen LogP contribution in [-0.2, 0) is 28.5 Å². The maximum Gasteiger partial charge on any atom is 0.135 e. The largest absolute Gasteiger partial charge is 0.379 e. The van der Waals surface area contributed by atoms with Gasteiger partial charge in [0.1, 0.15) is 5.78 Å². The molecule has 0 aliphatic heterocycles. The van der Waals surface area contributed by atoms with E-state index in [4.69, 9.17) is 23.7 Å². The lowest BCUT2D eigenvalue weighted by Crippen LogP contribution is -2.13. The Morgan fingerprint density at radius 1 is 0.607 bits per heavy atom. The van der Waals surface area contributed by atoms with Crippen LogP contribution < -0.4 is 0 Å². The minimum Gasteiger partial charge on any atom is -0.379 e. The Balaban J connectivity index is 0. The molecule has 6 heteroatoms. The predicted molar refractivity (Wildman–Crippen MR) is 114 cm³/mol. The molecule has 0 spiro atoms. The van der Waals surface area contributed by atoms with E-state index in [-0.39, 0.29) is 13.3 Å². The number of Topliss-reactive ketones (excluding diaryl/α,β-unsaturated/α-hetero) is 1. The van der Waals surface area contributed by atoms with E-state index in [0.29, 0.717) is 71.7 Å². The van der Waals surface area contributed by atoms with Crippen molar-refractivity contribution in [3.05, 3.63) is 0 Å². The van der Waals surface area contributed by atoms with Gasteiger partial charge in [-0.2, -0.15) is 0 Å². The van der Waals surface area contributed by atoms with Gasteiger partial charge in [-0.25, -0.2) is 0 Å². The van der Waals surface area contributed by atoms with Crippen LogP contribution in [-0.4, -0.2) is 71.9 Å². The van der Waals surface area contributed by atoms with Gasteiger partial charge in [-0.3, -0.25) is 4.79 Å². The molecule has 0 N–H and O–H groups in total. The van der Waals surface area contributed by atoms with Gasteiger partial charge in [-0.05, 0) is 25.2 Å². The van der Waals surface area contributed by atoms with Crippen molar-refractivity contribution in [2.45, 2.75) is 60.8 Å². The molecule has 0 saturated heterocycles. The summed E-state index contributed by atoms with van der Waals surface area (Å²) in [6.07, 6.45) is 3.70. The lowest BCUT2D eigenvalue weighted by Gasteiger charge is -2.08. The summed E-state index contributed by atoms with van der Waals surface area (Å²) in [4.78, 5) is 11.4. The first-order valence-electron chi connectivity index (χ1n) is 10.5. The molecule has 0 aromatic carbocycles. The molecule has 0 rings (SSSR count). The Kier molecular flexibility index (Phi) is 24.1. The van der Waals surface area contributed by atoms with Crippen molar-refractivity contribution < 1.29 is 28.5 Å². The van der Waals surface area contributed by atoms with Gasteiger partial charge in [0.25, 0.3) is 0 Å². The van der Waals surface area contributed by atoms with Crippen molar-refractivity contribution in [1.29, 1.82) is 0 Å². The molecule has 6 nitrogen and oxygen atoms in total. The first-order valence-corrected chi connectivity index (χ1v) is 10.5. The summed E-state index contributed by atoms with van der Waals surface area (Å²) < 4.78 is 27.2. The van der Waals surface area contributed by atoms with Crippen LogP contribution in [0.5, 0.6) is 0 Å². The number of carbonyl (C=O) groups excluding carboxylic acids is 1. The smallest absolute Gasteiger partial charge is 0.135 e. The highest BCUT2D eigenvalue weighted by molar-refractivity contribution is 5.80. The van der Waals surface area contributed by atoms with Gasteiger partial charge in [-0.15, -0.1) is 0 Å². The molecule has 0 bridgehead atoms. The Morgan fingerprint density at radius 2 is 0.964 bits per heavy atom. The van der Waals surface area contributed by atoms with Crippen molar-refractivity contribution in [2.24, 2.45) is 11.8 Å². The Hall–Kier alpha value is -0.530. The second kappa shape index (κ2) is 22.8. The Morgan fingerprint density at radius 3 is 1.32 bits per heavy atom. The standard InChI is InChI=1S/C21H42O6.CH4/c1-19(2)7-5-9-23-11-13-25-15-17-27-18-16-26-14-12-24-10-6-8-21(22)20(3)4;/h19-20H,5-18H2,1-4H3;1H4. The van der Waals surface area contributed by atoms with E-state index in [9.17, 15) is 4.79 Å². The Labute approximate surface area is 173 Å². The number of hydrogen-bond acceptors (Lipinski definition) is 6. The minimum absolute atomic E-state index is 0. The molecular weight excluding hydrogens is 360 g/mol. The van der Waals surface area contributed by atoms with E-state index in [0.717, 1.165) is 25.4 Å². The predicted octanol–water partition coefficient (Wildman–Crippen LogP) is 4.15. The zero-order chi connectivity index (χ0) is 20.2. The van der Waals surface area contributed by atoms with Crippen LogP contribution in [0.25, 0.3) is 0 Å². The third-order valence-corrected chi connectivity index (χ3v) is 3.91. The number of ether oxygens (including phenoxy) is 5. The maximum absolute atomic E-state index is 11.4. The van der Waals surface area contributed by atoms with Crippen LogP contribution in [0.3, 0.4) is 0 Å². The van der Waals surface area contributed by atoms with Crippen molar-refractivity contribution >= 4 is 5.78 Å². The van der Waals surface area contributed by atoms with E-state index in [2.05, 4.69) is 13.8 Å². The van der Waals surface area contributed by atoms with Crippen LogP contribution in [0.4, 0.5) is 0 Å². The average molecular weight is 407 g/mol. The molecule has 0 saturated carbocycles. The number of hydrogen-bond donors (Lipinski definition) is 0. The van der Waals surface area contributed by atoms with E-state index in [1.807, 2.05) is 13.8 Å². The molecule has 0 amide bonds. The molecule has 170 valence electrons. The lowest BCUT2D eigenvalue weighted by molar-refractivity contribution is -0.122. The monoisotopic (exact) mass is 406 g/mol. The molecule has 0 fully saturated rings. The summed E-state index contributed by atoms with van der Waals surface area (Å²) in [5.41, 5.74) is 0. The van der Waals surface area contributed by atoms with E-state index in [1.165, 1.54) is 6.42 Å². The van der Waals surface area contributed by atoms with Gasteiger partial charge in [0.05, 0.1) is 52.9 Å². The fraction of sp³-hybridized carbons (Fsp3) is 0.955. The fourth-order valence-corrected chi connectivity index (χ4v) is 2.21. The van der Waals surface area contributed by atoms with Crippen LogP contribution >= 0.6 is 0 Å². The molecule has 0 heterocycles. The zero-order valence-corrected chi connectivity index (χ0v) is 18.0. The number of ketones is 1. The second-order valence-electron chi connectivity index (χ2n) is 7.32. The lowest BCUT2D eigenvalue weighted by atomic mass is 10.1. The molecule has 28 heavy (non-hydrogen) atoms. The SMILES string of the molecule is C.CC(C)CCCOCCOCCOCCOCCOCCCC(=O)C(C)C. The summed E-state index contributed by atoms with van der Waals surface area (Å²) in [5, 5.41) is 0. The third-order valence-electron chi connectivity index (χ3n) is 3.91. The molecule has 0 aromatic heterocycles. The molecule has 0 radical (unpaired) electrons. The molecular formula is C22H46O6. The van der Waals surface area contributed by atoms with Gasteiger partial charge in [0, 0.05) is 25.6 Å². The van der Waals surface area contributed by atoms with E-state index >= 15 is 0 Å². The highest BCUT2D eigenvalue weighted by Crippen LogP contribution is 2.03. The van der Waals surface area contributed by atoms with E-state index in [1.54, 1.807) is 0 Å². The summed E-state index contributed by atoms with van der Waals surface area (Å²) in [6.45, 7) is 14.3. The van der Waals surface area contributed by atoms with Crippen molar-refractivity contribution in [1.82, 2.24) is 0 Å². The maximum atomic E-state index is 11.4. The average Bonchev–Trinajstić information content (AvgIpc) is 2.63. The molecule has 0 aliphatic carbocycles. The summed E-state index contributed by atoms with van der Waals surface area (Å²) in [6, 6.07) is 0. The molecule has 0 aliphatic rings. The van der Waals surface area contributed by atoms with Crippen molar-refractivity contribution in [3.63, 3.8) is 0 Å². The fourth-order valence-electron chi connectivity index (χ4n) is 2.21. The van der Waals surface area contributed by atoms with Crippen molar-refractivity contribution in [3.8, 4) is 0 Å². The summed E-state index contributed by atoms with van der Waals surface area (Å²) >= 11 is 0. The van der Waals surface area contributed by atoms with Gasteiger partial charge >= 0.3 is 0 Å². The second-order valence-corrected chi connectivity index (χ2v) is 7.32. The molecule has 0 unspecified atom stereocenters. The first kappa shape index (κ1) is 29.7. The third kappa shape index (κ3) is 23.5. The van der Waals surface area contributed by atoms with Gasteiger partial charge in [0.15, 0.2) is 0 Å². The summed E-state index contributed by atoms with van der Waals surface area (Å²) in [5.74, 6) is 1.15. The quantitative estimate of drug-likeness (QED) is 0.267. The topological polar surface area (TPSA) is 63.2 Å². The summed E-state index contributed by atoms with van der Waals surface area (Å²) in [7, 11) is 0. The highest BCUT2D eigenvalue weighted by atomic mass is 16.6. The van der Waals surface area contributed by atoms with Gasteiger partial charge in [-0.1, -0.05) is 35.1 Å². The van der Waals surface area contributed by atoms with Crippen LogP contribution in [0, 0.1) is 11.8 Å². The number of rotatable bonds is 21. The molecule has 0 atom stereocenters. The zero-order valence-electron chi connectivity index (χ0n) is 18.0. The Bertz CT molecular complexity index is 320. The van der Waals surface area contributed by atoms with Crippen LogP contribution in [0.1, 0.15) is 60.8 Å². The van der Waals surface area contributed by atoms with Gasteiger partial charge < -0.3 is 23.7 Å². The number of carbonyl (C=O) groups is 1. The van der Waals surface area contributed by atoms with Crippen molar-refractivity contribution in [2.75, 3.05) is 66.1 Å². The normalized spacial score (nSPS) is 11.2. The van der Waals surface area contributed by atoms with Gasteiger partial charge in [0.2, 0.25) is 0 Å². The van der Waals surface area contributed by atoms with E-state index < -0.39 is 0 Å². The van der Waals surface area contributed by atoms with Crippen LogP contribution in [0.15, 0.2) is 0 Å². The highest BCUT2D eigenvalue weighted by Gasteiger charge is 2.05.